The summed E-state index contributed by atoms with van der Waals surface area (Å²) in [4.78, 5) is 25.1. The number of benzene rings is 1. The number of nitrogens with zero attached hydrogens (tertiary/aromatic N) is 2. The molecule has 0 amide bonds. The van der Waals surface area contributed by atoms with E-state index in [4.69, 9.17) is 16.6 Å². The summed E-state index contributed by atoms with van der Waals surface area (Å²) in [7, 11) is 0. The van der Waals surface area contributed by atoms with E-state index in [1.807, 2.05) is 49.4 Å². The first kappa shape index (κ1) is 18.1. The first-order chi connectivity index (χ1) is 13.6. The van der Waals surface area contributed by atoms with E-state index in [-0.39, 0.29) is 5.43 Å². The molecule has 0 radical (unpaired) electrons. The van der Waals surface area contributed by atoms with Gasteiger partial charge in [-0.3, -0.25) is 4.79 Å². The predicted molar refractivity (Wildman–Crippen MR) is 115 cm³/mol. The Labute approximate surface area is 167 Å². The molecule has 0 unspecified atom stereocenters. The Morgan fingerprint density at radius 3 is 2.61 bits per heavy atom. The van der Waals surface area contributed by atoms with Crippen molar-refractivity contribution in [2.75, 3.05) is 0 Å². The number of fused-ring (bicyclic) bond motifs is 1. The second-order valence-electron chi connectivity index (χ2n) is 6.60. The Bertz CT molecular complexity index is 1230. The molecule has 1 N–H and O–H groups in total. The quantitative estimate of drug-likeness (QED) is 0.379. The van der Waals surface area contributed by atoms with E-state index in [9.17, 15) is 4.79 Å². The third-order valence-electron chi connectivity index (χ3n) is 4.59. The van der Waals surface area contributed by atoms with Crippen molar-refractivity contribution in [3.05, 3.63) is 94.0 Å². The number of allylic oxidation sites excluding steroid dienone is 1. The second-order valence-corrected chi connectivity index (χ2v) is 6.99. The van der Waals surface area contributed by atoms with Crippen LogP contribution >= 0.6 is 11.6 Å². The summed E-state index contributed by atoms with van der Waals surface area (Å²) < 4.78 is 0. The van der Waals surface area contributed by atoms with Crippen LogP contribution in [0.15, 0.2) is 72.2 Å². The molecule has 0 spiro atoms. The van der Waals surface area contributed by atoms with Crippen molar-refractivity contribution < 1.29 is 0 Å². The van der Waals surface area contributed by atoms with E-state index in [0.717, 1.165) is 28.1 Å². The van der Waals surface area contributed by atoms with Crippen LogP contribution in [0.1, 0.15) is 11.3 Å². The summed E-state index contributed by atoms with van der Waals surface area (Å²) >= 11 is 6.20. The Morgan fingerprint density at radius 2 is 1.89 bits per heavy atom. The number of aromatic amines is 1. The maximum absolute atomic E-state index is 12.9. The van der Waals surface area contributed by atoms with E-state index in [1.165, 1.54) is 0 Å². The van der Waals surface area contributed by atoms with Crippen LogP contribution in [0.25, 0.3) is 33.4 Å². The third-order valence-corrected chi connectivity index (χ3v) is 4.78. The highest BCUT2D eigenvalue weighted by atomic mass is 35.5. The van der Waals surface area contributed by atoms with Gasteiger partial charge in [-0.1, -0.05) is 48.0 Å². The molecule has 28 heavy (non-hydrogen) atoms. The SMILES string of the molecule is C=CCc1c[nH]c2nc(-c3ccccc3)c(-c3cc(C)nc(Cl)c3)cc2c1=O. The van der Waals surface area contributed by atoms with Gasteiger partial charge < -0.3 is 4.98 Å². The summed E-state index contributed by atoms with van der Waals surface area (Å²) in [6, 6.07) is 15.5. The Kier molecular flexibility index (Phi) is 4.80. The largest absolute Gasteiger partial charge is 0.346 e. The van der Waals surface area contributed by atoms with E-state index < -0.39 is 0 Å². The van der Waals surface area contributed by atoms with Gasteiger partial charge in [0.1, 0.15) is 10.8 Å². The maximum atomic E-state index is 12.9. The lowest BCUT2D eigenvalue weighted by Crippen LogP contribution is -2.11. The number of rotatable bonds is 4. The van der Waals surface area contributed by atoms with E-state index in [0.29, 0.717) is 28.2 Å². The van der Waals surface area contributed by atoms with Crippen molar-refractivity contribution in [2.24, 2.45) is 0 Å². The lowest BCUT2D eigenvalue weighted by molar-refractivity contribution is 1.17. The fraction of sp³-hybridized carbons (Fsp3) is 0.0870. The Hall–Kier alpha value is -3.24. The molecule has 0 atom stereocenters. The van der Waals surface area contributed by atoms with Crippen LogP contribution in [0.4, 0.5) is 0 Å². The van der Waals surface area contributed by atoms with Crippen molar-refractivity contribution in [1.29, 1.82) is 0 Å². The van der Waals surface area contributed by atoms with Gasteiger partial charge in [0, 0.05) is 28.6 Å². The van der Waals surface area contributed by atoms with Crippen LogP contribution in [-0.4, -0.2) is 15.0 Å². The number of H-pyrrole nitrogens is 1. The lowest BCUT2D eigenvalue weighted by Gasteiger charge is -2.12. The minimum absolute atomic E-state index is 0.0427. The second kappa shape index (κ2) is 7.41. The minimum Gasteiger partial charge on any atom is -0.346 e. The molecule has 3 heterocycles. The molecule has 1 aromatic carbocycles. The highest BCUT2D eigenvalue weighted by molar-refractivity contribution is 6.29. The van der Waals surface area contributed by atoms with E-state index >= 15 is 0 Å². The van der Waals surface area contributed by atoms with Crippen molar-refractivity contribution in [3.63, 3.8) is 0 Å². The monoisotopic (exact) mass is 387 g/mol. The Balaban J connectivity index is 2.07. The molecular weight excluding hydrogens is 370 g/mol. The standard InChI is InChI=1S/C23H18ClN3O/c1-3-7-16-13-25-23-19(22(16)28)12-18(17-10-14(2)26-20(24)11-17)21(27-23)15-8-5-4-6-9-15/h3-6,8-13H,1,7H2,2H3,(H,25,27,28). The molecule has 138 valence electrons. The van der Waals surface area contributed by atoms with Gasteiger partial charge in [0.15, 0.2) is 5.43 Å². The van der Waals surface area contributed by atoms with E-state index in [2.05, 4.69) is 16.5 Å². The fourth-order valence-electron chi connectivity index (χ4n) is 3.32. The van der Waals surface area contributed by atoms with Crippen LogP contribution in [-0.2, 0) is 6.42 Å². The number of hydrogen-bond acceptors (Lipinski definition) is 3. The molecule has 4 nitrogen and oxygen atoms in total. The minimum atomic E-state index is -0.0427. The smallest absolute Gasteiger partial charge is 0.194 e. The zero-order valence-corrected chi connectivity index (χ0v) is 16.1. The average molecular weight is 388 g/mol. The van der Waals surface area contributed by atoms with Crippen molar-refractivity contribution in [3.8, 4) is 22.4 Å². The first-order valence-electron chi connectivity index (χ1n) is 8.93. The number of aromatic nitrogens is 3. The normalized spacial score (nSPS) is 10.9. The zero-order valence-electron chi connectivity index (χ0n) is 15.4. The number of halogens is 1. The van der Waals surface area contributed by atoms with Gasteiger partial charge in [-0.05, 0) is 37.1 Å². The summed E-state index contributed by atoms with van der Waals surface area (Å²) in [6.45, 7) is 5.62. The number of pyridine rings is 3. The molecular formula is C23H18ClN3O. The summed E-state index contributed by atoms with van der Waals surface area (Å²) in [5.41, 5.74) is 5.42. The van der Waals surface area contributed by atoms with Crippen molar-refractivity contribution in [2.45, 2.75) is 13.3 Å². The molecule has 3 aromatic heterocycles. The zero-order chi connectivity index (χ0) is 19.7. The van der Waals surface area contributed by atoms with Gasteiger partial charge in [-0.2, -0.15) is 0 Å². The summed E-state index contributed by atoms with van der Waals surface area (Å²) in [6.07, 6.45) is 3.93. The topological polar surface area (TPSA) is 58.6 Å². The van der Waals surface area contributed by atoms with Gasteiger partial charge in [0.2, 0.25) is 0 Å². The highest BCUT2D eigenvalue weighted by Crippen LogP contribution is 2.33. The molecule has 4 aromatic rings. The van der Waals surface area contributed by atoms with Crippen LogP contribution in [0.5, 0.6) is 0 Å². The molecule has 0 aliphatic rings. The summed E-state index contributed by atoms with van der Waals surface area (Å²) in [5, 5.41) is 0.947. The lowest BCUT2D eigenvalue weighted by atomic mass is 9.97. The molecule has 0 saturated carbocycles. The molecule has 0 aliphatic heterocycles. The number of nitrogens with one attached hydrogen (secondary N) is 1. The first-order valence-corrected chi connectivity index (χ1v) is 9.31. The highest BCUT2D eigenvalue weighted by Gasteiger charge is 2.15. The molecule has 5 heteroatoms. The molecule has 0 fully saturated rings. The molecule has 4 rings (SSSR count). The van der Waals surface area contributed by atoms with Gasteiger partial charge in [-0.15, -0.1) is 6.58 Å². The van der Waals surface area contributed by atoms with Crippen LogP contribution in [0.2, 0.25) is 5.15 Å². The van der Waals surface area contributed by atoms with Gasteiger partial charge in [-0.25, -0.2) is 9.97 Å². The van der Waals surface area contributed by atoms with Gasteiger partial charge in [0.05, 0.1) is 11.1 Å². The number of aryl methyl sites for hydroxylation is 1. The van der Waals surface area contributed by atoms with Crippen molar-refractivity contribution in [1.82, 2.24) is 15.0 Å². The van der Waals surface area contributed by atoms with Gasteiger partial charge in [0.25, 0.3) is 0 Å². The van der Waals surface area contributed by atoms with Crippen LogP contribution in [0.3, 0.4) is 0 Å². The maximum Gasteiger partial charge on any atom is 0.194 e. The summed E-state index contributed by atoms with van der Waals surface area (Å²) in [5.74, 6) is 0. The molecule has 0 saturated heterocycles. The molecule has 0 aliphatic carbocycles. The number of hydrogen-bond donors (Lipinski definition) is 1. The van der Waals surface area contributed by atoms with E-state index in [1.54, 1.807) is 18.3 Å². The van der Waals surface area contributed by atoms with Crippen LogP contribution in [0, 0.1) is 6.92 Å². The predicted octanol–water partition coefficient (Wildman–Crippen LogP) is 5.34. The fourth-order valence-corrected chi connectivity index (χ4v) is 3.57. The van der Waals surface area contributed by atoms with Crippen LogP contribution < -0.4 is 5.43 Å². The molecule has 0 bridgehead atoms. The third kappa shape index (κ3) is 3.35. The van der Waals surface area contributed by atoms with Crippen molar-refractivity contribution >= 4 is 22.6 Å². The average Bonchev–Trinajstić information content (AvgIpc) is 2.69. The Morgan fingerprint density at radius 1 is 1.11 bits per heavy atom. The van der Waals surface area contributed by atoms with Gasteiger partial charge >= 0.3 is 0 Å².